The Morgan fingerprint density at radius 2 is 1.62 bits per heavy atom. The molecule has 0 spiro atoms. The van der Waals surface area contributed by atoms with Crippen molar-refractivity contribution >= 4 is 23.6 Å². The summed E-state index contributed by atoms with van der Waals surface area (Å²) in [4.78, 5) is 24.3. The third kappa shape index (κ3) is 5.52. The summed E-state index contributed by atoms with van der Waals surface area (Å²) in [5.41, 5.74) is 1.64. The molecule has 6 heteroatoms. The Morgan fingerprint density at radius 3 is 2.31 bits per heavy atom. The Bertz CT molecular complexity index is 1030. The summed E-state index contributed by atoms with van der Waals surface area (Å²) in [6, 6.07) is 19.0. The summed E-state index contributed by atoms with van der Waals surface area (Å²) in [7, 11) is 1.50. The molecular weight excluding hydrogens is 373 g/mol. The number of rotatable bonds is 6. The SMILES string of the molecule is COc1ccccc1C(=O)Nc1ccc(OC(=O)/C=C/c2ccc(F)cc2)cc1. The number of hydrogen-bond donors (Lipinski definition) is 1. The maximum atomic E-state index is 12.9. The van der Waals surface area contributed by atoms with Gasteiger partial charge in [0, 0.05) is 11.8 Å². The van der Waals surface area contributed by atoms with Crippen LogP contribution >= 0.6 is 0 Å². The van der Waals surface area contributed by atoms with E-state index >= 15 is 0 Å². The van der Waals surface area contributed by atoms with E-state index in [4.69, 9.17) is 9.47 Å². The summed E-state index contributed by atoms with van der Waals surface area (Å²) >= 11 is 0. The Hall–Kier alpha value is -3.93. The average molecular weight is 391 g/mol. The van der Waals surface area contributed by atoms with E-state index in [9.17, 15) is 14.0 Å². The molecule has 0 bridgehead atoms. The van der Waals surface area contributed by atoms with Gasteiger partial charge in [0.05, 0.1) is 12.7 Å². The predicted octanol–water partition coefficient (Wildman–Crippen LogP) is 4.71. The second-order valence-corrected chi connectivity index (χ2v) is 5.98. The summed E-state index contributed by atoms with van der Waals surface area (Å²) in [6.07, 6.45) is 2.79. The highest BCUT2D eigenvalue weighted by Crippen LogP contribution is 2.21. The van der Waals surface area contributed by atoms with Gasteiger partial charge in [-0.3, -0.25) is 4.79 Å². The molecule has 1 N–H and O–H groups in total. The van der Waals surface area contributed by atoms with Gasteiger partial charge in [0.25, 0.3) is 5.91 Å². The monoisotopic (exact) mass is 391 g/mol. The van der Waals surface area contributed by atoms with Crippen LogP contribution in [-0.2, 0) is 4.79 Å². The maximum Gasteiger partial charge on any atom is 0.336 e. The molecule has 0 heterocycles. The van der Waals surface area contributed by atoms with Crippen molar-refractivity contribution in [3.8, 4) is 11.5 Å². The van der Waals surface area contributed by atoms with Gasteiger partial charge in [0.1, 0.15) is 17.3 Å². The van der Waals surface area contributed by atoms with E-state index < -0.39 is 5.97 Å². The normalized spacial score (nSPS) is 10.6. The molecule has 0 radical (unpaired) electrons. The van der Waals surface area contributed by atoms with E-state index in [1.165, 1.54) is 31.4 Å². The van der Waals surface area contributed by atoms with Gasteiger partial charge in [0.2, 0.25) is 0 Å². The molecule has 0 unspecified atom stereocenters. The first-order valence-electron chi connectivity index (χ1n) is 8.75. The molecule has 0 fully saturated rings. The molecule has 0 saturated carbocycles. The van der Waals surface area contributed by atoms with Crippen LogP contribution in [0.3, 0.4) is 0 Å². The molecule has 1 amide bonds. The highest BCUT2D eigenvalue weighted by molar-refractivity contribution is 6.06. The molecule has 29 heavy (non-hydrogen) atoms. The molecular formula is C23H18FNO4. The standard InChI is InChI=1S/C23H18FNO4/c1-28-21-5-3-2-4-20(21)23(27)25-18-11-13-19(14-12-18)29-22(26)15-8-16-6-9-17(24)10-7-16/h2-15H,1H3,(H,25,27)/b15-8+. The zero-order chi connectivity index (χ0) is 20.6. The van der Waals surface area contributed by atoms with Crippen LogP contribution < -0.4 is 14.8 Å². The van der Waals surface area contributed by atoms with Gasteiger partial charge in [0.15, 0.2) is 0 Å². The summed E-state index contributed by atoms with van der Waals surface area (Å²) in [5, 5.41) is 2.76. The molecule has 0 aliphatic rings. The second-order valence-electron chi connectivity index (χ2n) is 5.98. The van der Waals surface area contributed by atoms with Crippen molar-refractivity contribution in [1.29, 1.82) is 0 Å². The number of methoxy groups -OCH3 is 1. The minimum absolute atomic E-state index is 0.311. The first-order chi connectivity index (χ1) is 14.0. The van der Waals surface area contributed by atoms with E-state index in [1.807, 2.05) is 0 Å². The van der Waals surface area contributed by atoms with Crippen molar-refractivity contribution in [3.05, 3.63) is 95.8 Å². The first-order valence-corrected chi connectivity index (χ1v) is 8.75. The van der Waals surface area contributed by atoms with Gasteiger partial charge in [-0.15, -0.1) is 0 Å². The number of nitrogens with one attached hydrogen (secondary N) is 1. The van der Waals surface area contributed by atoms with Crippen LogP contribution in [0.25, 0.3) is 6.08 Å². The molecule has 0 aliphatic heterocycles. The quantitative estimate of drug-likeness (QED) is 0.376. The molecule has 0 saturated heterocycles. The van der Waals surface area contributed by atoms with Crippen molar-refractivity contribution < 1.29 is 23.5 Å². The van der Waals surface area contributed by atoms with Crippen LogP contribution in [0.5, 0.6) is 11.5 Å². The predicted molar refractivity (Wildman–Crippen MR) is 108 cm³/mol. The molecule has 146 valence electrons. The summed E-state index contributed by atoms with van der Waals surface area (Å²) < 4.78 is 23.3. The van der Waals surface area contributed by atoms with E-state index in [1.54, 1.807) is 60.7 Å². The third-order valence-corrected chi connectivity index (χ3v) is 3.96. The number of anilines is 1. The first kappa shape index (κ1) is 19.8. The summed E-state index contributed by atoms with van der Waals surface area (Å²) in [5.74, 6) is -0.422. The van der Waals surface area contributed by atoms with E-state index in [0.717, 1.165) is 0 Å². The number of hydrogen-bond acceptors (Lipinski definition) is 4. The summed E-state index contributed by atoms with van der Waals surface area (Å²) in [6.45, 7) is 0. The molecule has 3 rings (SSSR count). The van der Waals surface area contributed by atoms with Crippen LogP contribution in [0.15, 0.2) is 78.9 Å². The van der Waals surface area contributed by atoms with E-state index in [2.05, 4.69) is 5.32 Å². The Balaban J connectivity index is 1.59. The highest BCUT2D eigenvalue weighted by atomic mass is 19.1. The van der Waals surface area contributed by atoms with Gasteiger partial charge in [-0.25, -0.2) is 9.18 Å². The Labute approximate surface area is 167 Å². The number of carbonyl (C=O) groups is 2. The Morgan fingerprint density at radius 1 is 0.931 bits per heavy atom. The number of amides is 1. The van der Waals surface area contributed by atoms with Crippen molar-refractivity contribution in [3.63, 3.8) is 0 Å². The highest BCUT2D eigenvalue weighted by Gasteiger charge is 2.11. The minimum Gasteiger partial charge on any atom is -0.496 e. The molecule has 0 aliphatic carbocycles. The second kappa shape index (κ2) is 9.32. The maximum absolute atomic E-state index is 12.9. The largest absolute Gasteiger partial charge is 0.496 e. The van der Waals surface area contributed by atoms with Crippen molar-refractivity contribution in [2.24, 2.45) is 0 Å². The molecule has 0 aromatic heterocycles. The minimum atomic E-state index is -0.569. The van der Waals surface area contributed by atoms with Gasteiger partial charge in [-0.2, -0.15) is 0 Å². The topological polar surface area (TPSA) is 64.6 Å². The van der Waals surface area contributed by atoms with E-state index in [-0.39, 0.29) is 11.7 Å². The van der Waals surface area contributed by atoms with Crippen LogP contribution in [0.4, 0.5) is 10.1 Å². The zero-order valence-corrected chi connectivity index (χ0v) is 15.6. The van der Waals surface area contributed by atoms with Gasteiger partial charge in [-0.05, 0) is 60.2 Å². The Kier molecular flexibility index (Phi) is 6.37. The lowest BCUT2D eigenvalue weighted by Gasteiger charge is -2.09. The van der Waals surface area contributed by atoms with Crippen LogP contribution in [-0.4, -0.2) is 19.0 Å². The lowest BCUT2D eigenvalue weighted by Crippen LogP contribution is -2.13. The van der Waals surface area contributed by atoms with Crippen LogP contribution in [0.2, 0.25) is 0 Å². The fourth-order valence-corrected chi connectivity index (χ4v) is 2.53. The molecule has 3 aromatic rings. The van der Waals surface area contributed by atoms with Gasteiger partial charge < -0.3 is 14.8 Å². The van der Waals surface area contributed by atoms with Crippen molar-refractivity contribution in [1.82, 2.24) is 0 Å². The number of carbonyl (C=O) groups excluding carboxylic acids is 2. The lowest BCUT2D eigenvalue weighted by molar-refractivity contribution is -0.128. The fourth-order valence-electron chi connectivity index (χ4n) is 2.53. The lowest BCUT2D eigenvalue weighted by atomic mass is 10.2. The van der Waals surface area contributed by atoms with Crippen LogP contribution in [0.1, 0.15) is 15.9 Å². The molecule has 3 aromatic carbocycles. The fraction of sp³-hybridized carbons (Fsp3) is 0.0435. The number of esters is 1. The zero-order valence-electron chi connectivity index (χ0n) is 15.6. The number of para-hydroxylation sites is 1. The van der Waals surface area contributed by atoms with Crippen molar-refractivity contribution in [2.75, 3.05) is 12.4 Å². The van der Waals surface area contributed by atoms with Gasteiger partial charge >= 0.3 is 5.97 Å². The third-order valence-electron chi connectivity index (χ3n) is 3.96. The number of ether oxygens (including phenoxy) is 2. The average Bonchev–Trinajstić information content (AvgIpc) is 2.74. The number of benzene rings is 3. The smallest absolute Gasteiger partial charge is 0.336 e. The van der Waals surface area contributed by atoms with Gasteiger partial charge in [-0.1, -0.05) is 24.3 Å². The van der Waals surface area contributed by atoms with Crippen molar-refractivity contribution in [2.45, 2.75) is 0 Å². The van der Waals surface area contributed by atoms with E-state index in [0.29, 0.717) is 28.3 Å². The van der Waals surface area contributed by atoms with Crippen LogP contribution in [0, 0.1) is 5.82 Å². The number of halogens is 1. The molecule has 0 atom stereocenters. The molecule has 5 nitrogen and oxygen atoms in total.